The Morgan fingerprint density at radius 1 is 1.24 bits per heavy atom. The van der Waals surface area contributed by atoms with Crippen molar-refractivity contribution in [3.05, 3.63) is 24.3 Å². The van der Waals surface area contributed by atoms with Crippen molar-refractivity contribution in [1.29, 1.82) is 0 Å². The van der Waals surface area contributed by atoms with Gasteiger partial charge in [0.05, 0.1) is 11.3 Å². The largest absolute Gasteiger partial charge is 0.397 e. The Bertz CT molecular complexity index is 517. The molecule has 0 atom stereocenters. The molecule has 0 aliphatic heterocycles. The maximum absolute atomic E-state index is 5.67. The number of rotatable bonds is 2. The summed E-state index contributed by atoms with van der Waals surface area (Å²) < 4.78 is 5.26. The smallest absolute Gasteiger partial charge is 0.259 e. The number of hydrogen-bond donors (Lipinski definition) is 1. The van der Waals surface area contributed by atoms with E-state index in [2.05, 4.69) is 15.1 Å². The third-order valence-electron chi connectivity index (χ3n) is 3.17. The zero-order valence-corrected chi connectivity index (χ0v) is 9.47. The SMILES string of the molecule is Nc1cncc(-c2nc(C3CCCC3)no2)c1. The summed E-state index contributed by atoms with van der Waals surface area (Å²) in [5.41, 5.74) is 7.05. The fourth-order valence-electron chi connectivity index (χ4n) is 2.28. The van der Waals surface area contributed by atoms with Gasteiger partial charge in [0.15, 0.2) is 5.82 Å². The average Bonchev–Trinajstić information content (AvgIpc) is 3.00. The molecule has 0 radical (unpaired) electrons. The van der Waals surface area contributed by atoms with Crippen LogP contribution in [-0.2, 0) is 0 Å². The average molecular weight is 230 g/mol. The molecule has 2 aromatic heterocycles. The Labute approximate surface area is 99.1 Å². The summed E-state index contributed by atoms with van der Waals surface area (Å²) in [4.78, 5) is 8.44. The molecule has 88 valence electrons. The Hall–Kier alpha value is -1.91. The van der Waals surface area contributed by atoms with E-state index in [-0.39, 0.29) is 0 Å². The monoisotopic (exact) mass is 230 g/mol. The number of nitrogen functional groups attached to an aromatic ring is 1. The third-order valence-corrected chi connectivity index (χ3v) is 3.17. The van der Waals surface area contributed by atoms with Crippen molar-refractivity contribution >= 4 is 5.69 Å². The first-order valence-corrected chi connectivity index (χ1v) is 5.87. The molecule has 5 nitrogen and oxygen atoms in total. The van der Waals surface area contributed by atoms with Gasteiger partial charge in [-0.2, -0.15) is 4.98 Å². The van der Waals surface area contributed by atoms with E-state index in [4.69, 9.17) is 10.3 Å². The summed E-state index contributed by atoms with van der Waals surface area (Å²) >= 11 is 0. The van der Waals surface area contributed by atoms with Gasteiger partial charge >= 0.3 is 0 Å². The van der Waals surface area contributed by atoms with Gasteiger partial charge in [-0.15, -0.1) is 0 Å². The Morgan fingerprint density at radius 3 is 2.82 bits per heavy atom. The van der Waals surface area contributed by atoms with Crippen LogP contribution in [0.1, 0.15) is 37.4 Å². The van der Waals surface area contributed by atoms with Gasteiger partial charge in [-0.3, -0.25) is 4.98 Å². The summed E-state index contributed by atoms with van der Waals surface area (Å²) in [6.07, 6.45) is 8.12. The van der Waals surface area contributed by atoms with Crippen LogP contribution < -0.4 is 5.73 Å². The van der Waals surface area contributed by atoms with Crippen LogP contribution in [0.3, 0.4) is 0 Å². The number of anilines is 1. The first kappa shape index (κ1) is 10.3. The zero-order chi connectivity index (χ0) is 11.7. The molecule has 0 aromatic carbocycles. The Balaban J connectivity index is 1.89. The third kappa shape index (κ3) is 2.00. The molecule has 2 N–H and O–H groups in total. The molecule has 0 saturated heterocycles. The number of nitrogens with two attached hydrogens (primary N) is 1. The second-order valence-electron chi connectivity index (χ2n) is 4.45. The molecule has 17 heavy (non-hydrogen) atoms. The van der Waals surface area contributed by atoms with Crippen LogP contribution in [0.5, 0.6) is 0 Å². The summed E-state index contributed by atoms with van der Waals surface area (Å²) in [6.45, 7) is 0. The molecule has 5 heteroatoms. The van der Waals surface area contributed by atoms with Gasteiger partial charge < -0.3 is 10.3 Å². The lowest BCUT2D eigenvalue weighted by atomic mass is 10.1. The molecule has 0 unspecified atom stereocenters. The van der Waals surface area contributed by atoms with Crippen molar-refractivity contribution in [2.45, 2.75) is 31.6 Å². The van der Waals surface area contributed by atoms with Crippen molar-refractivity contribution < 1.29 is 4.52 Å². The number of aromatic nitrogens is 3. The predicted octanol–water partition coefficient (Wildman–Crippen LogP) is 2.37. The van der Waals surface area contributed by atoms with Crippen LogP contribution in [0.4, 0.5) is 5.69 Å². The molecule has 1 fully saturated rings. The summed E-state index contributed by atoms with van der Waals surface area (Å²) in [5, 5.41) is 4.05. The highest BCUT2D eigenvalue weighted by Gasteiger charge is 2.22. The van der Waals surface area contributed by atoms with Gasteiger partial charge in [-0.1, -0.05) is 18.0 Å². The van der Waals surface area contributed by atoms with Crippen molar-refractivity contribution in [3.8, 4) is 11.5 Å². The first-order chi connectivity index (χ1) is 8.33. The van der Waals surface area contributed by atoms with Gasteiger partial charge in [0.25, 0.3) is 5.89 Å². The van der Waals surface area contributed by atoms with Crippen LogP contribution in [0.25, 0.3) is 11.5 Å². The normalized spacial score (nSPS) is 16.5. The van der Waals surface area contributed by atoms with E-state index in [0.29, 0.717) is 17.5 Å². The van der Waals surface area contributed by atoms with Crippen LogP contribution in [0.15, 0.2) is 23.0 Å². The minimum atomic E-state index is 0.460. The van der Waals surface area contributed by atoms with Gasteiger partial charge in [-0.25, -0.2) is 0 Å². The molecule has 2 heterocycles. The molecule has 2 aromatic rings. The number of hydrogen-bond acceptors (Lipinski definition) is 5. The van der Waals surface area contributed by atoms with E-state index in [1.165, 1.54) is 12.8 Å². The molecule has 1 aliphatic rings. The van der Waals surface area contributed by atoms with Gasteiger partial charge in [0.2, 0.25) is 0 Å². The van der Waals surface area contributed by atoms with Gasteiger partial charge in [-0.05, 0) is 18.9 Å². The van der Waals surface area contributed by atoms with Crippen molar-refractivity contribution in [3.63, 3.8) is 0 Å². The minimum absolute atomic E-state index is 0.460. The van der Waals surface area contributed by atoms with E-state index in [9.17, 15) is 0 Å². The second kappa shape index (κ2) is 4.16. The molecule has 3 rings (SSSR count). The zero-order valence-electron chi connectivity index (χ0n) is 9.47. The summed E-state index contributed by atoms with van der Waals surface area (Å²) in [6, 6.07) is 1.79. The van der Waals surface area contributed by atoms with E-state index in [1.54, 1.807) is 18.5 Å². The summed E-state index contributed by atoms with van der Waals surface area (Å²) in [5.74, 6) is 1.79. The van der Waals surface area contributed by atoms with Gasteiger partial charge in [0.1, 0.15) is 0 Å². The highest BCUT2D eigenvalue weighted by Crippen LogP contribution is 2.33. The van der Waals surface area contributed by atoms with Crippen LogP contribution in [-0.4, -0.2) is 15.1 Å². The van der Waals surface area contributed by atoms with E-state index >= 15 is 0 Å². The lowest BCUT2D eigenvalue weighted by Gasteiger charge is -1.99. The summed E-state index contributed by atoms with van der Waals surface area (Å²) in [7, 11) is 0. The van der Waals surface area contributed by atoms with E-state index in [0.717, 1.165) is 24.2 Å². The van der Waals surface area contributed by atoms with Crippen LogP contribution in [0.2, 0.25) is 0 Å². The molecular formula is C12H14N4O. The number of nitrogens with zero attached hydrogens (tertiary/aromatic N) is 3. The maximum Gasteiger partial charge on any atom is 0.259 e. The van der Waals surface area contributed by atoms with E-state index < -0.39 is 0 Å². The molecule has 1 saturated carbocycles. The first-order valence-electron chi connectivity index (χ1n) is 5.87. The van der Waals surface area contributed by atoms with Crippen molar-refractivity contribution in [2.24, 2.45) is 0 Å². The fourth-order valence-corrected chi connectivity index (χ4v) is 2.28. The van der Waals surface area contributed by atoms with Crippen molar-refractivity contribution in [1.82, 2.24) is 15.1 Å². The standard InChI is InChI=1S/C12H14N4O/c13-10-5-9(6-14-7-10)12-15-11(16-17-12)8-3-1-2-4-8/h5-8H,1-4,13H2. The topological polar surface area (TPSA) is 77.8 Å². The Morgan fingerprint density at radius 2 is 2.06 bits per heavy atom. The highest BCUT2D eigenvalue weighted by atomic mass is 16.5. The van der Waals surface area contributed by atoms with Crippen molar-refractivity contribution in [2.75, 3.05) is 5.73 Å². The lowest BCUT2D eigenvalue weighted by Crippen LogP contribution is -1.94. The fraction of sp³-hybridized carbons (Fsp3) is 0.417. The maximum atomic E-state index is 5.67. The minimum Gasteiger partial charge on any atom is -0.397 e. The predicted molar refractivity (Wildman–Crippen MR) is 63.2 cm³/mol. The molecule has 0 amide bonds. The van der Waals surface area contributed by atoms with Crippen LogP contribution >= 0.6 is 0 Å². The lowest BCUT2D eigenvalue weighted by molar-refractivity contribution is 0.415. The number of pyridine rings is 1. The highest BCUT2D eigenvalue weighted by molar-refractivity contribution is 5.57. The second-order valence-corrected chi connectivity index (χ2v) is 4.45. The molecular weight excluding hydrogens is 216 g/mol. The quantitative estimate of drug-likeness (QED) is 0.856. The molecule has 0 bridgehead atoms. The van der Waals surface area contributed by atoms with Gasteiger partial charge in [0, 0.05) is 18.3 Å². The Kier molecular flexibility index (Phi) is 2.51. The van der Waals surface area contributed by atoms with Crippen LogP contribution in [0, 0.1) is 0 Å². The molecule has 1 aliphatic carbocycles. The van der Waals surface area contributed by atoms with E-state index in [1.807, 2.05) is 0 Å². The molecule has 0 spiro atoms.